The summed E-state index contributed by atoms with van der Waals surface area (Å²) in [6, 6.07) is 4.93. The molecule has 1 aromatic carbocycles. The third-order valence-electron chi connectivity index (χ3n) is 2.07. The van der Waals surface area contributed by atoms with Gasteiger partial charge in [0.15, 0.2) is 0 Å². The van der Waals surface area contributed by atoms with E-state index in [0.717, 1.165) is 0 Å². The molecular formula is C11H13N3O2. The Morgan fingerprint density at radius 3 is 2.69 bits per heavy atom. The normalized spacial score (nSPS) is 9.50. The van der Waals surface area contributed by atoms with Crippen LogP contribution >= 0.6 is 0 Å². The lowest BCUT2D eigenvalue weighted by Gasteiger charge is -2.07. The molecular weight excluding hydrogens is 206 g/mol. The lowest BCUT2D eigenvalue weighted by Crippen LogP contribution is -2.10. The van der Waals surface area contributed by atoms with E-state index < -0.39 is 0 Å². The summed E-state index contributed by atoms with van der Waals surface area (Å²) in [6.45, 7) is 2.05. The van der Waals surface area contributed by atoms with Gasteiger partial charge in [-0.1, -0.05) is 0 Å². The second kappa shape index (κ2) is 5.03. The van der Waals surface area contributed by atoms with Crippen LogP contribution in [0.4, 0.5) is 11.4 Å². The van der Waals surface area contributed by atoms with E-state index in [0.29, 0.717) is 29.1 Å². The summed E-state index contributed by atoms with van der Waals surface area (Å²) >= 11 is 0. The van der Waals surface area contributed by atoms with Crippen LogP contribution in [0, 0.1) is 11.3 Å². The first kappa shape index (κ1) is 11.9. The molecule has 0 heterocycles. The van der Waals surface area contributed by atoms with E-state index in [1.807, 2.05) is 6.07 Å². The molecule has 4 N–H and O–H groups in total. The second-order valence-electron chi connectivity index (χ2n) is 3.23. The number of ether oxygens (including phenoxy) is 1. The van der Waals surface area contributed by atoms with Gasteiger partial charge < -0.3 is 16.2 Å². The number of anilines is 2. The molecule has 0 atom stereocenters. The molecule has 0 amide bonds. The number of hydrogen-bond donors (Lipinski definition) is 2. The standard InChI is InChI=1S/C11H13N3O2/c1-2-16-11(15)4-7-3-8(6-12)10(14)5-9(7)13/h3,5H,2,4,13-14H2,1H3. The molecule has 0 spiro atoms. The molecule has 84 valence electrons. The number of nitrogens with zero attached hydrogens (tertiary/aromatic N) is 1. The van der Waals surface area contributed by atoms with Gasteiger partial charge in [0.25, 0.3) is 0 Å². The molecule has 0 aromatic heterocycles. The third-order valence-corrected chi connectivity index (χ3v) is 2.07. The SMILES string of the molecule is CCOC(=O)Cc1cc(C#N)c(N)cc1N. The quantitative estimate of drug-likeness (QED) is 0.579. The number of nitrogens with two attached hydrogens (primary N) is 2. The molecule has 0 aliphatic heterocycles. The topological polar surface area (TPSA) is 102 Å². The van der Waals surface area contributed by atoms with E-state index >= 15 is 0 Å². The predicted molar refractivity (Wildman–Crippen MR) is 60.3 cm³/mol. The highest BCUT2D eigenvalue weighted by Gasteiger charge is 2.10. The Morgan fingerprint density at radius 1 is 1.44 bits per heavy atom. The van der Waals surface area contributed by atoms with Crippen molar-refractivity contribution in [3.63, 3.8) is 0 Å². The zero-order valence-electron chi connectivity index (χ0n) is 8.99. The fourth-order valence-electron chi connectivity index (χ4n) is 1.30. The van der Waals surface area contributed by atoms with Gasteiger partial charge in [0.2, 0.25) is 0 Å². The number of carbonyl (C=O) groups is 1. The van der Waals surface area contributed by atoms with E-state index in [9.17, 15) is 4.79 Å². The maximum absolute atomic E-state index is 11.3. The summed E-state index contributed by atoms with van der Waals surface area (Å²) in [4.78, 5) is 11.3. The molecule has 0 saturated heterocycles. The Balaban J connectivity index is 2.97. The van der Waals surface area contributed by atoms with E-state index in [2.05, 4.69) is 0 Å². The Hall–Kier alpha value is -2.22. The maximum atomic E-state index is 11.3. The first-order valence-electron chi connectivity index (χ1n) is 4.82. The third kappa shape index (κ3) is 2.64. The molecule has 0 aliphatic rings. The van der Waals surface area contributed by atoms with Crippen LogP contribution in [0.25, 0.3) is 0 Å². The van der Waals surface area contributed by atoms with E-state index in [-0.39, 0.29) is 12.4 Å². The van der Waals surface area contributed by atoms with Crippen molar-refractivity contribution in [1.29, 1.82) is 5.26 Å². The van der Waals surface area contributed by atoms with Crippen LogP contribution in [0.5, 0.6) is 0 Å². The van der Waals surface area contributed by atoms with Gasteiger partial charge in [-0.2, -0.15) is 5.26 Å². The Labute approximate surface area is 93.6 Å². The summed E-state index contributed by atoms with van der Waals surface area (Å²) in [5, 5.41) is 8.78. The second-order valence-corrected chi connectivity index (χ2v) is 3.23. The molecule has 0 bridgehead atoms. The molecule has 5 heteroatoms. The van der Waals surface area contributed by atoms with Crippen molar-refractivity contribution in [2.45, 2.75) is 13.3 Å². The summed E-state index contributed by atoms with van der Waals surface area (Å²) in [5.74, 6) is -0.372. The maximum Gasteiger partial charge on any atom is 0.310 e. The van der Waals surface area contributed by atoms with Gasteiger partial charge in [0.05, 0.1) is 24.3 Å². The summed E-state index contributed by atoms with van der Waals surface area (Å²) in [5.41, 5.74) is 12.8. The van der Waals surface area contributed by atoms with Gasteiger partial charge in [0, 0.05) is 5.69 Å². The lowest BCUT2D eigenvalue weighted by atomic mass is 10.0. The molecule has 0 saturated carbocycles. The minimum atomic E-state index is -0.372. The number of hydrogen-bond acceptors (Lipinski definition) is 5. The first-order chi connectivity index (χ1) is 7.58. The van der Waals surface area contributed by atoms with Crippen molar-refractivity contribution in [2.75, 3.05) is 18.1 Å². The van der Waals surface area contributed by atoms with E-state index in [4.69, 9.17) is 21.5 Å². The highest BCUT2D eigenvalue weighted by Crippen LogP contribution is 2.21. The number of carbonyl (C=O) groups excluding carboxylic acids is 1. The number of nitrogen functional groups attached to an aromatic ring is 2. The van der Waals surface area contributed by atoms with E-state index in [1.54, 1.807) is 6.92 Å². The summed E-state index contributed by atoms with van der Waals surface area (Å²) in [6.07, 6.45) is 0.0502. The van der Waals surface area contributed by atoms with Crippen LogP contribution in [0.1, 0.15) is 18.1 Å². The van der Waals surface area contributed by atoms with Crippen molar-refractivity contribution < 1.29 is 9.53 Å². The van der Waals surface area contributed by atoms with Gasteiger partial charge >= 0.3 is 5.97 Å². The Morgan fingerprint density at radius 2 is 2.12 bits per heavy atom. The van der Waals surface area contributed by atoms with Crippen molar-refractivity contribution in [3.05, 3.63) is 23.3 Å². The Kier molecular flexibility index (Phi) is 3.72. The predicted octanol–water partition coefficient (Wildman–Crippen LogP) is 0.828. The molecule has 1 aromatic rings. The van der Waals surface area contributed by atoms with Crippen LogP contribution in [-0.4, -0.2) is 12.6 Å². The van der Waals surface area contributed by atoms with Crippen molar-refractivity contribution in [3.8, 4) is 6.07 Å². The van der Waals surface area contributed by atoms with Crippen LogP contribution in [0.2, 0.25) is 0 Å². The fraction of sp³-hybridized carbons (Fsp3) is 0.273. The van der Waals surface area contributed by atoms with Crippen LogP contribution in [0.15, 0.2) is 12.1 Å². The zero-order chi connectivity index (χ0) is 12.1. The van der Waals surface area contributed by atoms with Crippen LogP contribution < -0.4 is 11.5 Å². The van der Waals surface area contributed by atoms with E-state index in [1.165, 1.54) is 12.1 Å². The molecule has 0 unspecified atom stereocenters. The number of nitriles is 1. The zero-order valence-corrected chi connectivity index (χ0v) is 8.99. The summed E-state index contributed by atoms with van der Waals surface area (Å²) < 4.78 is 4.80. The molecule has 0 radical (unpaired) electrons. The van der Waals surface area contributed by atoms with Crippen molar-refractivity contribution in [1.82, 2.24) is 0 Å². The van der Waals surface area contributed by atoms with Crippen molar-refractivity contribution in [2.24, 2.45) is 0 Å². The van der Waals surface area contributed by atoms with Gasteiger partial charge in [-0.05, 0) is 24.6 Å². The van der Waals surface area contributed by atoms with Gasteiger partial charge in [-0.25, -0.2) is 0 Å². The average Bonchev–Trinajstić information content (AvgIpc) is 2.22. The molecule has 0 fully saturated rings. The number of rotatable bonds is 3. The number of esters is 1. The number of benzene rings is 1. The largest absolute Gasteiger partial charge is 0.466 e. The molecule has 16 heavy (non-hydrogen) atoms. The van der Waals surface area contributed by atoms with Crippen LogP contribution in [0.3, 0.4) is 0 Å². The highest BCUT2D eigenvalue weighted by molar-refractivity contribution is 5.77. The van der Waals surface area contributed by atoms with Gasteiger partial charge in [0.1, 0.15) is 6.07 Å². The van der Waals surface area contributed by atoms with Crippen LogP contribution in [-0.2, 0) is 16.0 Å². The molecule has 0 aliphatic carbocycles. The molecule has 5 nitrogen and oxygen atoms in total. The van der Waals surface area contributed by atoms with Gasteiger partial charge in [-0.15, -0.1) is 0 Å². The minimum Gasteiger partial charge on any atom is -0.466 e. The first-order valence-corrected chi connectivity index (χ1v) is 4.82. The minimum absolute atomic E-state index is 0.0502. The highest BCUT2D eigenvalue weighted by atomic mass is 16.5. The Bertz CT molecular complexity index is 449. The average molecular weight is 219 g/mol. The van der Waals surface area contributed by atoms with Crippen molar-refractivity contribution >= 4 is 17.3 Å². The fourth-order valence-corrected chi connectivity index (χ4v) is 1.30. The monoisotopic (exact) mass is 219 g/mol. The lowest BCUT2D eigenvalue weighted by molar-refractivity contribution is -0.142. The van der Waals surface area contributed by atoms with Gasteiger partial charge in [-0.3, -0.25) is 4.79 Å². The summed E-state index contributed by atoms with van der Waals surface area (Å²) in [7, 11) is 0. The molecule has 1 rings (SSSR count). The smallest absolute Gasteiger partial charge is 0.310 e.